The highest BCUT2D eigenvalue weighted by Crippen LogP contribution is 2.30. The minimum atomic E-state index is 0.798. The fraction of sp³-hybridized carbons (Fsp3) is 0.308. The van der Waals surface area contributed by atoms with E-state index in [4.69, 9.17) is 5.73 Å². The molecule has 1 aliphatic rings. The van der Waals surface area contributed by atoms with E-state index >= 15 is 0 Å². The van der Waals surface area contributed by atoms with Crippen molar-refractivity contribution in [2.24, 2.45) is 0 Å². The summed E-state index contributed by atoms with van der Waals surface area (Å²) in [4.78, 5) is 0. The zero-order valence-electron chi connectivity index (χ0n) is 9.16. The molecule has 3 N–H and O–H groups in total. The van der Waals surface area contributed by atoms with E-state index in [0.717, 1.165) is 28.7 Å². The van der Waals surface area contributed by atoms with Gasteiger partial charge in [0.1, 0.15) is 0 Å². The fourth-order valence-electron chi connectivity index (χ4n) is 2.33. The van der Waals surface area contributed by atoms with Crippen molar-refractivity contribution in [2.75, 3.05) is 5.73 Å². The predicted octanol–water partition coefficient (Wildman–Crippen LogP) is 3.10. The highest BCUT2D eigenvalue weighted by atomic mass is 15.1. The number of hydrogen-bond acceptors (Lipinski definition) is 2. The van der Waals surface area contributed by atoms with Crippen LogP contribution in [-0.2, 0) is 0 Å². The molecule has 0 spiro atoms. The molecule has 0 unspecified atom stereocenters. The molecule has 3 nitrogen and oxygen atoms in total. The lowest BCUT2D eigenvalue weighted by molar-refractivity contribution is 0.740. The van der Waals surface area contributed by atoms with Gasteiger partial charge in [0.05, 0.1) is 11.2 Å². The Hall–Kier alpha value is -1.77. The van der Waals surface area contributed by atoms with E-state index in [0.29, 0.717) is 0 Å². The molecular formula is C13H15N3. The number of aromatic amines is 1. The fourth-order valence-corrected chi connectivity index (χ4v) is 2.33. The van der Waals surface area contributed by atoms with Crippen LogP contribution in [0.1, 0.15) is 31.4 Å². The number of rotatable bonds is 1. The minimum absolute atomic E-state index is 0.798. The summed E-state index contributed by atoms with van der Waals surface area (Å²) in [6.07, 6.45) is 7.18. The van der Waals surface area contributed by atoms with Crippen molar-refractivity contribution in [3.8, 4) is 0 Å². The number of allylic oxidation sites excluding steroid dienone is 2. The Bertz CT molecular complexity index is 551. The Morgan fingerprint density at radius 3 is 3.00 bits per heavy atom. The molecule has 0 saturated carbocycles. The Morgan fingerprint density at radius 1 is 1.25 bits per heavy atom. The second kappa shape index (κ2) is 3.67. The van der Waals surface area contributed by atoms with Crippen LogP contribution < -0.4 is 5.73 Å². The van der Waals surface area contributed by atoms with E-state index in [2.05, 4.69) is 16.3 Å². The third-order valence-corrected chi connectivity index (χ3v) is 3.18. The summed E-state index contributed by atoms with van der Waals surface area (Å²) < 4.78 is 0. The lowest BCUT2D eigenvalue weighted by Crippen LogP contribution is -1.93. The molecule has 3 rings (SSSR count). The molecule has 1 heterocycles. The first-order chi connectivity index (χ1) is 7.84. The van der Waals surface area contributed by atoms with Gasteiger partial charge in [0.2, 0.25) is 0 Å². The molecule has 0 saturated heterocycles. The zero-order valence-corrected chi connectivity index (χ0v) is 9.16. The van der Waals surface area contributed by atoms with Gasteiger partial charge in [0, 0.05) is 11.1 Å². The first-order valence-corrected chi connectivity index (χ1v) is 5.77. The van der Waals surface area contributed by atoms with E-state index < -0.39 is 0 Å². The van der Waals surface area contributed by atoms with Gasteiger partial charge in [-0.05, 0) is 49.5 Å². The van der Waals surface area contributed by atoms with Crippen molar-refractivity contribution in [1.29, 1.82) is 0 Å². The third kappa shape index (κ3) is 1.48. The number of nitrogens with one attached hydrogen (secondary N) is 1. The van der Waals surface area contributed by atoms with Gasteiger partial charge in [-0.15, -0.1) is 0 Å². The van der Waals surface area contributed by atoms with Crippen molar-refractivity contribution < 1.29 is 0 Å². The topological polar surface area (TPSA) is 54.7 Å². The van der Waals surface area contributed by atoms with Crippen LogP contribution in [0.3, 0.4) is 0 Å². The van der Waals surface area contributed by atoms with E-state index in [9.17, 15) is 0 Å². The minimum Gasteiger partial charge on any atom is -0.399 e. The number of nitrogens with two attached hydrogens (primary N) is 1. The van der Waals surface area contributed by atoms with Gasteiger partial charge in [-0.1, -0.05) is 6.08 Å². The van der Waals surface area contributed by atoms with E-state index in [1.165, 1.54) is 24.8 Å². The van der Waals surface area contributed by atoms with Gasteiger partial charge < -0.3 is 5.73 Å². The molecule has 3 heteroatoms. The summed E-state index contributed by atoms with van der Waals surface area (Å²) in [5.74, 6) is 0. The van der Waals surface area contributed by atoms with Crippen LogP contribution in [0.4, 0.5) is 5.69 Å². The zero-order chi connectivity index (χ0) is 11.0. The number of H-pyrrole nitrogens is 1. The summed E-state index contributed by atoms with van der Waals surface area (Å²) in [6.45, 7) is 0. The molecule has 0 bridgehead atoms. The summed E-state index contributed by atoms with van der Waals surface area (Å²) in [5, 5.41) is 8.62. The predicted molar refractivity (Wildman–Crippen MR) is 67.0 cm³/mol. The first-order valence-electron chi connectivity index (χ1n) is 5.77. The monoisotopic (exact) mass is 213 g/mol. The third-order valence-electron chi connectivity index (χ3n) is 3.18. The SMILES string of the molecule is Nc1ccc2[nH]nc(C3=CCCCC3)c2c1. The number of anilines is 1. The Morgan fingerprint density at radius 2 is 2.19 bits per heavy atom. The van der Waals surface area contributed by atoms with Crippen LogP contribution in [-0.4, -0.2) is 10.2 Å². The summed E-state index contributed by atoms with van der Waals surface area (Å²) >= 11 is 0. The maximum atomic E-state index is 5.82. The van der Waals surface area contributed by atoms with E-state index in [1.807, 2.05) is 18.2 Å². The summed E-state index contributed by atoms with van der Waals surface area (Å²) in [6, 6.07) is 5.90. The van der Waals surface area contributed by atoms with Crippen molar-refractivity contribution in [2.45, 2.75) is 25.7 Å². The number of benzene rings is 1. The normalized spacial score (nSPS) is 16.4. The molecular weight excluding hydrogens is 198 g/mol. The van der Waals surface area contributed by atoms with Crippen LogP contribution in [0.15, 0.2) is 24.3 Å². The maximum Gasteiger partial charge on any atom is 0.0956 e. The quantitative estimate of drug-likeness (QED) is 0.715. The second-order valence-electron chi connectivity index (χ2n) is 4.35. The number of nitrogens with zero attached hydrogens (tertiary/aromatic N) is 1. The molecule has 0 atom stereocenters. The average Bonchev–Trinajstić information content (AvgIpc) is 2.73. The van der Waals surface area contributed by atoms with Crippen molar-refractivity contribution in [3.05, 3.63) is 30.0 Å². The smallest absolute Gasteiger partial charge is 0.0956 e. The van der Waals surface area contributed by atoms with Crippen LogP contribution in [0.25, 0.3) is 16.5 Å². The first kappa shape index (κ1) is 9.46. The van der Waals surface area contributed by atoms with Gasteiger partial charge in [0.15, 0.2) is 0 Å². The van der Waals surface area contributed by atoms with Gasteiger partial charge in [0.25, 0.3) is 0 Å². The Kier molecular flexibility index (Phi) is 2.17. The van der Waals surface area contributed by atoms with E-state index in [-0.39, 0.29) is 0 Å². The van der Waals surface area contributed by atoms with Gasteiger partial charge in [-0.25, -0.2) is 0 Å². The molecule has 0 amide bonds. The Balaban J connectivity index is 2.16. The van der Waals surface area contributed by atoms with Crippen molar-refractivity contribution in [3.63, 3.8) is 0 Å². The van der Waals surface area contributed by atoms with Crippen LogP contribution in [0.2, 0.25) is 0 Å². The van der Waals surface area contributed by atoms with Gasteiger partial charge in [-0.2, -0.15) is 5.10 Å². The van der Waals surface area contributed by atoms with E-state index in [1.54, 1.807) is 0 Å². The second-order valence-corrected chi connectivity index (χ2v) is 4.35. The lowest BCUT2D eigenvalue weighted by atomic mass is 9.95. The number of aromatic nitrogens is 2. The molecule has 1 aromatic carbocycles. The summed E-state index contributed by atoms with van der Waals surface area (Å²) in [7, 11) is 0. The molecule has 2 aromatic rings. The van der Waals surface area contributed by atoms with Crippen molar-refractivity contribution >= 4 is 22.2 Å². The van der Waals surface area contributed by atoms with Crippen LogP contribution in [0, 0.1) is 0 Å². The maximum absolute atomic E-state index is 5.82. The molecule has 82 valence electrons. The van der Waals surface area contributed by atoms with Gasteiger partial charge >= 0.3 is 0 Å². The number of hydrogen-bond donors (Lipinski definition) is 2. The van der Waals surface area contributed by atoms with Crippen LogP contribution >= 0.6 is 0 Å². The lowest BCUT2D eigenvalue weighted by Gasteiger charge is -2.10. The van der Waals surface area contributed by atoms with Gasteiger partial charge in [-0.3, -0.25) is 5.10 Å². The molecule has 16 heavy (non-hydrogen) atoms. The number of fused-ring (bicyclic) bond motifs is 1. The molecule has 0 fully saturated rings. The Labute approximate surface area is 94.3 Å². The van der Waals surface area contributed by atoms with Crippen molar-refractivity contribution in [1.82, 2.24) is 10.2 Å². The largest absolute Gasteiger partial charge is 0.399 e. The number of nitrogen functional groups attached to an aromatic ring is 1. The highest BCUT2D eigenvalue weighted by Gasteiger charge is 2.12. The standard InChI is InChI=1S/C13H15N3/c14-10-6-7-12-11(8-10)13(16-15-12)9-4-2-1-3-5-9/h4,6-8H,1-3,5,14H2,(H,15,16). The molecule has 0 aliphatic heterocycles. The average molecular weight is 213 g/mol. The van der Waals surface area contributed by atoms with Crippen LogP contribution in [0.5, 0.6) is 0 Å². The molecule has 1 aliphatic carbocycles. The highest BCUT2D eigenvalue weighted by molar-refractivity contribution is 5.92. The summed E-state index contributed by atoms with van der Waals surface area (Å²) in [5.41, 5.74) is 10.1. The molecule has 1 aromatic heterocycles. The molecule has 0 radical (unpaired) electrons.